The molecule has 5 aromatic rings. The summed E-state index contributed by atoms with van der Waals surface area (Å²) >= 11 is 0. The second kappa shape index (κ2) is 9.93. The molecule has 3 aromatic carbocycles. The number of hydrogen-bond donors (Lipinski definition) is 2. The number of carbonyl (C=O) groups is 2. The predicted molar refractivity (Wildman–Crippen MR) is 134 cm³/mol. The normalized spacial score (nSPS) is 10.6. The molecule has 0 bridgehead atoms. The van der Waals surface area contributed by atoms with Crippen molar-refractivity contribution < 1.29 is 18.7 Å². The van der Waals surface area contributed by atoms with E-state index in [1.807, 2.05) is 42.5 Å². The van der Waals surface area contributed by atoms with Gasteiger partial charge in [-0.2, -0.15) is 0 Å². The maximum absolute atomic E-state index is 12.7. The van der Waals surface area contributed by atoms with Gasteiger partial charge < -0.3 is 19.8 Å². The second-order valence-electron chi connectivity index (χ2n) is 7.79. The van der Waals surface area contributed by atoms with Crippen LogP contribution >= 0.6 is 0 Å². The van der Waals surface area contributed by atoms with E-state index < -0.39 is 5.91 Å². The summed E-state index contributed by atoms with van der Waals surface area (Å²) < 4.78 is 11.5. The summed E-state index contributed by atoms with van der Waals surface area (Å²) in [6.45, 7) is 0.196. The first-order chi connectivity index (χ1) is 17.1. The van der Waals surface area contributed by atoms with Gasteiger partial charge in [-0.05, 0) is 65.4 Å². The van der Waals surface area contributed by atoms with Crippen LogP contribution in [0.3, 0.4) is 0 Å². The maximum atomic E-state index is 12.7. The molecule has 0 spiro atoms. The van der Waals surface area contributed by atoms with Crippen molar-refractivity contribution in [3.63, 3.8) is 0 Å². The Hall–Kier alpha value is -4.91. The Morgan fingerprint density at radius 2 is 1.57 bits per heavy atom. The molecule has 0 aliphatic carbocycles. The third kappa shape index (κ3) is 5.36. The molecule has 35 heavy (non-hydrogen) atoms. The van der Waals surface area contributed by atoms with E-state index in [1.165, 1.54) is 6.20 Å². The topological polar surface area (TPSA) is 93.5 Å². The zero-order valence-electron chi connectivity index (χ0n) is 18.6. The van der Waals surface area contributed by atoms with Crippen molar-refractivity contribution >= 4 is 34.0 Å². The highest BCUT2D eigenvalue weighted by Gasteiger charge is 2.13. The lowest BCUT2D eigenvalue weighted by Crippen LogP contribution is -2.13. The third-order valence-electron chi connectivity index (χ3n) is 5.29. The Kier molecular flexibility index (Phi) is 6.21. The quantitative estimate of drug-likeness (QED) is 0.313. The molecule has 0 unspecified atom stereocenters. The Bertz CT molecular complexity index is 1490. The largest absolute Gasteiger partial charge is 0.486 e. The summed E-state index contributed by atoms with van der Waals surface area (Å²) in [4.78, 5) is 28.9. The molecular weight excluding hydrogens is 442 g/mol. The molecule has 2 N–H and O–H groups in total. The summed E-state index contributed by atoms with van der Waals surface area (Å²) in [5.41, 5.74) is 1.50. The Morgan fingerprint density at radius 3 is 2.37 bits per heavy atom. The minimum atomic E-state index is -0.405. The highest BCUT2D eigenvalue weighted by molar-refractivity contribution is 6.05. The molecule has 7 nitrogen and oxygen atoms in total. The third-order valence-corrected chi connectivity index (χ3v) is 5.29. The number of fused-ring (bicyclic) bond motifs is 1. The number of amides is 2. The number of pyridine rings is 1. The van der Waals surface area contributed by atoms with Crippen LogP contribution in [0.2, 0.25) is 0 Å². The van der Waals surface area contributed by atoms with Gasteiger partial charge in [-0.3, -0.25) is 14.6 Å². The minimum absolute atomic E-state index is 0.159. The van der Waals surface area contributed by atoms with Gasteiger partial charge in [0, 0.05) is 23.8 Å². The lowest BCUT2D eigenvalue weighted by atomic mass is 10.1. The van der Waals surface area contributed by atoms with Gasteiger partial charge in [0.05, 0.1) is 5.56 Å². The summed E-state index contributed by atoms with van der Waals surface area (Å²) in [5.74, 6) is 0.713. The van der Waals surface area contributed by atoms with Crippen molar-refractivity contribution in [2.24, 2.45) is 0 Å². The molecule has 2 heterocycles. The van der Waals surface area contributed by atoms with Crippen LogP contribution in [0.15, 0.2) is 108 Å². The highest BCUT2D eigenvalue weighted by Crippen LogP contribution is 2.22. The van der Waals surface area contributed by atoms with E-state index in [0.717, 1.165) is 16.5 Å². The monoisotopic (exact) mass is 463 g/mol. The van der Waals surface area contributed by atoms with Gasteiger partial charge in [-0.25, -0.2) is 0 Å². The van der Waals surface area contributed by atoms with Crippen molar-refractivity contribution in [3.8, 4) is 5.75 Å². The van der Waals surface area contributed by atoms with E-state index in [9.17, 15) is 9.59 Å². The number of nitrogens with one attached hydrogen (secondary N) is 2. The molecule has 7 heteroatoms. The van der Waals surface area contributed by atoms with E-state index in [1.54, 1.807) is 54.7 Å². The first-order valence-electron chi connectivity index (χ1n) is 11.0. The molecule has 0 saturated carbocycles. The Labute approximate surface area is 201 Å². The SMILES string of the molecule is O=C(Nc1cccc(NC(=O)c2ccc(COc3ccc4ccccc4c3)o2)c1)c1cccnc1. The number of aromatic nitrogens is 1. The van der Waals surface area contributed by atoms with Crippen LogP contribution in [0, 0.1) is 0 Å². The van der Waals surface area contributed by atoms with Crippen LogP contribution < -0.4 is 15.4 Å². The van der Waals surface area contributed by atoms with Crippen molar-refractivity contribution in [3.05, 3.63) is 120 Å². The molecule has 0 fully saturated rings. The maximum Gasteiger partial charge on any atom is 0.291 e. The summed E-state index contributed by atoms with van der Waals surface area (Å²) in [6, 6.07) is 27.4. The van der Waals surface area contributed by atoms with Crippen LogP contribution in [-0.4, -0.2) is 16.8 Å². The fraction of sp³-hybridized carbons (Fsp3) is 0.0357. The van der Waals surface area contributed by atoms with Crippen LogP contribution in [0.25, 0.3) is 10.8 Å². The van der Waals surface area contributed by atoms with Crippen LogP contribution in [0.5, 0.6) is 5.75 Å². The van der Waals surface area contributed by atoms with Crippen LogP contribution in [-0.2, 0) is 6.61 Å². The number of ether oxygens (including phenoxy) is 1. The van der Waals surface area contributed by atoms with Gasteiger partial charge >= 0.3 is 0 Å². The van der Waals surface area contributed by atoms with Gasteiger partial charge in [-0.15, -0.1) is 0 Å². The number of furan rings is 1. The molecule has 2 aromatic heterocycles. The molecular formula is C28H21N3O4. The smallest absolute Gasteiger partial charge is 0.291 e. The number of anilines is 2. The molecule has 2 amide bonds. The number of benzene rings is 3. The zero-order valence-corrected chi connectivity index (χ0v) is 18.6. The van der Waals surface area contributed by atoms with Crippen molar-refractivity contribution in [2.45, 2.75) is 6.61 Å². The van der Waals surface area contributed by atoms with Gasteiger partial charge in [-0.1, -0.05) is 36.4 Å². The second-order valence-corrected chi connectivity index (χ2v) is 7.79. The minimum Gasteiger partial charge on any atom is -0.486 e. The van der Waals surface area contributed by atoms with Gasteiger partial charge in [0.2, 0.25) is 0 Å². The molecule has 0 atom stereocenters. The van der Waals surface area contributed by atoms with Crippen LogP contribution in [0.1, 0.15) is 26.7 Å². The molecule has 0 radical (unpaired) electrons. The van der Waals surface area contributed by atoms with Crippen molar-refractivity contribution in [2.75, 3.05) is 10.6 Å². The predicted octanol–water partition coefficient (Wildman–Crippen LogP) is 5.91. The number of nitrogens with zero attached hydrogens (tertiary/aromatic N) is 1. The molecule has 5 rings (SSSR count). The summed E-state index contributed by atoms with van der Waals surface area (Å²) in [5, 5.41) is 7.79. The fourth-order valence-electron chi connectivity index (χ4n) is 3.56. The molecule has 172 valence electrons. The number of carbonyl (C=O) groups excluding carboxylic acids is 2. The molecule has 0 aliphatic rings. The fourth-order valence-corrected chi connectivity index (χ4v) is 3.56. The summed E-state index contributed by atoms with van der Waals surface area (Å²) in [6.07, 6.45) is 3.09. The van der Waals surface area contributed by atoms with Gasteiger partial charge in [0.15, 0.2) is 5.76 Å². The van der Waals surface area contributed by atoms with E-state index in [0.29, 0.717) is 22.7 Å². The van der Waals surface area contributed by atoms with Crippen LogP contribution in [0.4, 0.5) is 11.4 Å². The Balaban J connectivity index is 1.19. The zero-order chi connectivity index (χ0) is 24.0. The lowest BCUT2D eigenvalue weighted by molar-refractivity contribution is 0.0991. The van der Waals surface area contributed by atoms with Gasteiger partial charge in [0.25, 0.3) is 11.8 Å². The standard InChI is InChI=1S/C28H21N3O4/c32-27(21-7-4-14-29-17-21)30-22-8-3-9-23(16-22)31-28(33)26-13-12-25(35-26)18-34-24-11-10-19-5-1-2-6-20(19)15-24/h1-17H,18H2,(H,30,32)(H,31,33). The van der Waals surface area contributed by atoms with E-state index in [4.69, 9.17) is 9.15 Å². The molecule has 0 aliphatic heterocycles. The van der Waals surface area contributed by atoms with Gasteiger partial charge in [0.1, 0.15) is 18.1 Å². The first-order valence-corrected chi connectivity index (χ1v) is 11.0. The average molecular weight is 463 g/mol. The number of rotatable bonds is 7. The van der Waals surface area contributed by atoms with Crippen molar-refractivity contribution in [1.29, 1.82) is 0 Å². The number of hydrogen-bond acceptors (Lipinski definition) is 5. The highest BCUT2D eigenvalue weighted by atomic mass is 16.5. The summed E-state index contributed by atoms with van der Waals surface area (Å²) in [7, 11) is 0. The lowest BCUT2D eigenvalue weighted by Gasteiger charge is -2.08. The van der Waals surface area contributed by atoms with E-state index in [-0.39, 0.29) is 18.3 Å². The molecule has 0 saturated heterocycles. The Morgan fingerprint density at radius 1 is 0.771 bits per heavy atom. The van der Waals surface area contributed by atoms with Crippen molar-refractivity contribution in [1.82, 2.24) is 4.98 Å². The average Bonchev–Trinajstić information content (AvgIpc) is 3.37. The van der Waals surface area contributed by atoms with E-state index in [2.05, 4.69) is 15.6 Å². The first kappa shape index (κ1) is 21.9. The van der Waals surface area contributed by atoms with E-state index >= 15 is 0 Å².